The Morgan fingerprint density at radius 3 is 2.78 bits per heavy atom. The average molecular weight is 237 g/mol. The van der Waals surface area contributed by atoms with Crippen LogP contribution in [-0.4, -0.2) is 4.98 Å². The second-order valence-electron chi connectivity index (χ2n) is 4.29. The monoisotopic (exact) mass is 237 g/mol. The van der Waals surface area contributed by atoms with E-state index in [4.69, 9.17) is 5.26 Å². The molecule has 3 heteroatoms. The first-order valence-electron chi connectivity index (χ1n) is 5.88. The van der Waals surface area contributed by atoms with Crippen molar-refractivity contribution in [2.75, 3.05) is 5.32 Å². The van der Waals surface area contributed by atoms with Gasteiger partial charge in [0.2, 0.25) is 0 Å². The third-order valence-electron chi connectivity index (χ3n) is 2.91. The van der Waals surface area contributed by atoms with Gasteiger partial charge in [-0.05, 0) is 49.2 Å². The molecule has 1 heterocycles. The molecule has 1 unspecified atom stereocenters. The van der Waals surface area contributed by atoms with Crippen molar-refractivity contribution in [2.24, 2.45) is 0 Å². The van der Waals surface area contributed by atoms with Crippen molar-refractivity contribution in [1.29, 1.82) is 5.26 Å². The molecule has 18 heavy (non-hydrogen) atoms. The Morgan fingerprint density at radius 1 is 1.33 bits per heavy atom. The molecule has 0 saturated heterocycles. The topological polar surface area (TPSA) is 48.7 Å². The lowest BCUT2D eigenvalue weighted by Crippen LogP contribution is -2.07. The zero-order valence-corrected chi connectivity index (χ0v) is 10.5. The highest BCUT2D eigenvalue weighted by atomic mass is 14.9. The quantitative estimate of drug-likeness (QED) is 0.889. The molecule has 0 aliphatic heterocycles. The van der Waals surface area contributed by atoms with Gasteiger partial charge in [-0.25, -0.2) is 0 Å². The van der Waals surface area contributed by atoms with E-state index in [9.17, 15) is 0 Å². The summed E-state index contributed by atoms with van der Waals surface area (Å²) in [6.45, 7) is 4.09. The fourth-order valence-corrected chi connectivity index (χ4v) is 1.84. The molecule has 0 radical (unpaired) electrons. The fraction of sp³-hybridized carbons (Fsp3) is 0.200. The first-order valence-corrected chi connectivity index (χ1v) is 5.88. The lowest BCUT2D eigenvalue weighted by molar-refractivity contribution is 0.873. The third-order valence-corrected chi connectivity index (χ3v) is 2.91. The Hall–Kier alpha value is -2.34. The number of anilines is 1. The van der Waals surface area contributed by atoms with Crippen LogP contribution in [0.15, 0.2) is 42.7 Å². The van der Waals surface area contributed by atoms with Gasteiger partial charge in [0.25, 0.3) is 0 Å². The Kier molecular flexibility index (Phi) is 3.59. The zero-order chi connectivity index (χ0) is 13.0. The summed E-state index contributed by atoms with van der Waals surface area (Å²) in [5.74, 6) is 0. The molecule has 1 aromatic heterocycles. The maximum atomic E-state index is 8.83. The molecule has 1 N–H and O–H groups in total. The van der Waals surface area contributed by atoms with E-state index in [1.165, 1.54) is 0 Å². The van der Waals surface area contributed by atoms with Crippen molar-refractivity contribution in [3.05, 3.63) is 59.4 Å². The van der Waals surface area contributed by atoms with E-state index in [2.05, 4.69) is 23.3 Å². The van der Waals surface area contributed by atoms with Gasteiger partial charge in [0, 0.05) is 18.1 Å². The first-order chi connectivity index (χ1) is 8.70. The first kappa shape index (κ1) is 12.1. The predicted octanol–water partition coefficient (Wildman–Crippen LogP) is 3.43. The number of pyridine rings is 1. The number of rotatable bonds is 3. The fourth-order valence-electron chi connectivity index (χ4n) is 1.84. The van der Waals surface area contributed by atoms with Crippen LogP contribution < -0.4 is 5.32 Å². The van der Waals surface area contributed by atoms with Crippen molar-refractivity contribution >= 4 is 5.69 Å². The van der Waals surface area contributed by atoms with Gasteiger partial charge in [0.05, 0.1) is 17.7 Å². The maximum Gasteiger partial charge on any atom is 0.0991 e. The largest absolute Gasteiger partial charge is 0.378 e. The molecule has 90 valence electrons. The standard InChI is InChI=1S/C15H15N3/c1-11-8-13(9-16)5-6-15(11)18-12(2)14-4-3-7-17-10-14/h3-8,10,12,18H,1-2H3. The van der Waals surface area contributed by atoms with Crippen LogP contribution in [-0.2, 0) is 0 Å². The Bertz CT molecular complexity index is 570. The number of benzene rings is 1. The molecular formula is C15H15N3. The Morgan fingerprint density at radius 2 is 2.17 bits per heavy atom. The van der Waals surface area contributed by atoms with Crippen molar-refractivity contribution in [2.45, 2.75) is 19.9 Å². The minimum Gasteiger partial charge on any atom is -0.378 e. The molecule has 0 bridgehead atoms. The van der Waals surface area contributed by atoms with Crippen molar-refractivity contribution in [3.63, 3.8) is 0 Å². The molecule has 3 nitrogen and oxygen atoms in total. The molecule has 0 saturated carbocycles. The summed E-state index contributed by atoms with van der Waals surface area (Å²) >= 11 is 0. The van der Waals surface area contributed by atoms with Gasteiger partial charge in [-0.1, -0.05) is 6.07 Å². The van der Waals surface area contributed by atoms with Crippen molar-refractivity contribution in [3.8, 4) is 6.07 Å². The second-order valence-corrected chi connectivity index (χ2v) is 4.29. The van der Waals surface area contributed by atoms with Gasteiger partial charge in [0.15, 0.2) is 0 Å². The van der Waals surface area contributed by atoms with Gasteiger partial charge >= 0.3 is 0 Å². The minimum absolute atomic E-state index is 0.185. The SMILES string of the molecule is Cc1cc(C#N)ccc1NC(C)c1cccnc1. The van der Waals surface area contributed by atoms with E-state index in [0.29, 0.717) is 5.56 Å². The van der Waals surface area contributed by atoms with Crippen LogP contribution in [0.1, 0.15) is 29.7 Å². The van der Waals surface area contributed by atoms with Gasteiger partial charge < -0.3 is 5.32 Å². The van der Waals surface area contributed by atoms with E-state index >= 15 is 0 Å². The van der Waals surface area contributed by atoms with Crippen LogP contribution in [0.3, 0.4) is 0 Å². The number of nitrogens with zero attached hydrogens (tertiary/aromatic N) is 2. The van der Waals surface area contributed by atoms with E-state index < -0.39 is 0 Å². The van der Waals surface area contributed by atoms with Gasteiger partial charge in [-0.15, -0.1) is 0 Å². The van der Waals surface area contributed by atoms with Crippen LogP contribution >= 0.6 is 0 Å². The predicted molar refractivity (Wildman–Crippen MR) is 72.2 cm³/mol. The van der Waals surface area contributed by atoms with Crippen molar-refractivity contribution in [1.82, 2.24) is 4.98 Å². The summed E-state index contributed by atoms with van der Waals surface area (Å²) in [4.78, 5) is 4.11. The molecule has 0 aliphatic carbocycles. The smallest absolute Gasteiger partial charge is 0.0991 e. The summed E-state index contributed by atoms with van der Waals surface area (Å²) in [7, 11) is 0. The molecular weight excluding hydrogens is 222 g/mol. The number of hydrogen-bond acceptors (Lipinski definition) is 3. The number of aryl methyl sites for hydroxylation is 1. The molecule has 2 rings (SSSR count). The molecule has 1 atom stereocenters. The lowest BCUT2D eigenvalue weighted by Gasteiger charge is -2.17. The van der Waals surface area contributed by atoms with Gasteiger partial charge in [-0.3, -0.25) is 4.98 Å². The van der Waals surface area contributed by atoms with Crippen LogP contribution in [0.25, 0.3) is 0 Å². The summed E-state index contributed by atoms with van der Waals surface area (Å²) < 4.78 is 0. The lowest BCUT2D eigenvalue weighted by atomic mass is 10.1. The molecule has 0 fully saturated rings. The molecule has 1 aromatic carbocycles. The average Bonchev–Trinajstić information content (AvgIpc) is 2.42. The van der Waals surface area contributed by atoms with Crippen LogP contribution in [0, 0.1) is 18.3 Å². The van der Waals surface area contributed by atoms with Crippen LogP contribution in [0.4, 0.5) is 5.69 Å². The highest BCUT2D eigenvalue weighted by Gasteiger charge is 2.07. The van der Waals surface area contributed by atoms with E-state index in [0.717, 1.165) is 16.8 Å². The molecule has 2 aromatic rings. The van der Waals surface area contributed by atoms with Gasteiger partial charge in [0.1, 0.15) is 0 Å². The van der Waals surface area contributed by atoms with E-state index in [1.54, 1.807) is 6.20 Å². The zero-order valence-electron chi connectivity index (χ0n) is 10.5. The Labute approximate surface area is 107 Å². The minimum atomic E-state index is 0.185. The van der Waals surface area contributed by atoms with Gasteiger partial charge in [-0.2, -0.15) is 5.26 Å². The van der Waals surface area contributed by atoms with Crippen LogP contribution in [0.5, 0.6) is 0 Å². The molecule has 0 amide bonds. The number of nitriles is 1. The van der Waals surface area contributed by atoms with E-state index in [-0.39, 0.29) is 6.04 Å². The molecule has 0 aliphatic rings. The summed E-state index contributed by atoms with van der Waals surface area (Å²) in [6.07, 6.45) is 3.62. The van der Waals surface area contributed by atoms with E-state index in [1.807, 2.05) is 43.5 Å². The second kappa shape index (κ2) is 5.33. The summed E-state index contributed by atoms with van der Waals surface area (Å²) in [5.41, 5.74) is 3.95. The normalized spacial score (nSPS) is 11.6. The highest BCUT2D eigenvalue weighted by molar-refractivity contribution is 5.55. The summed E-state index contributed by atoms with van der Waals surface area (Å²) in [5, 5.41) is 12.3. The number of nitrogens with one attached hydrogen (secondary N) is 1. The Balaban J connectivity index is 2.18. The third kappa shape index (κ3) is 2.67. The number of hydrogen-bond donors (Lipinski definition) is 1. The maximum absolute atomic E-state index is 8.83. The molecule has 0 spiro atoms. The number of aromatic nitrogens is 1. The van der Waals surface area contributed by atoms with Crippen LogP contribution in [0.2, 0.25) is 0 Å². The summed E-state index contributed by atoms with van der Waals surface area (Å²) in [6, 6.07) is 12.0. The van der Waals surface area contributed by atoms with Crippen molar-refractivity contribution < 1.29 is 0 Å². The highest BCUT2D eigenvalue weighted by Crippen LogP contribution is 2.22.